The molecule has 0 aromatic heterocycles. The van der Waals surface area contributed by atoms with E-state index in [-0.39, 0.29) is 5.78 Å². The van der Waals surface area contributed by atoms with Gasteiger partial charge in [0.2, 0.25) is 0 Å². The molecule has 0 amide bonds. The molecular formula is C15H21NO2S. The molecule has 1 fully saturated rings. The number of hydrogen-bond acceptors (Lipinski definition) is 4. The molecule has 0 spiro atoms. The lowest BCUT2D eigenvalue weighted by atomic mass is 10.1. The number of Topliss-reactive ketones (excluding diaryl/α,β-unsaturated/α-hetero) is 1. The Bertz CT molecular complexity index is 399. The molecule has 0 bridgehead atoms. The number of nitrogens with zero attached hydrogens (tertiary/aromatic N) is 1. The van der Waals surface area contributed by atoms with Crippen LogP contribution in [0.4, 0.5) is 0 Å². The Morgan fingerprint density at radius 3 is 2.58 bits per heavy atom. The minimum Gasteiger partial charge on any atom is -0.379 e. The van der Waals surface area contributed by atoms with Gasteiger partial charge in [-0.2, -0.15) is 0 Å². The van der Waals surface area contributed by atoms with Crippen LogP contribution < -0.4 is 0 Å². The Balaban J connectivity index is 1.73. The minimum absolute atomic E-state index is 0.251. The maximum atomic E-state index is 12.0. The Hall–Kier alpha value is -0.840. The fourth-order valence-electron chi connectivity index (χ4n) is 2.21. The number of benzene rings is 1. The van der Waals surface area contributed by atoms with Gasteiger partial charge in [-0.05, 0) is 31.4 Å². The van der Waals surface area contributed by atoms with Crippen LogP contribution in [0.1, 0.15) is 23.2 Å². The zero-order valence-corrected chi connectivity index (χ0v) is 12.2. The van der Waals surface area contributed by atoms with Crippen molar-refractivity contribution in [3.8, 4) is 0 Å². The number of thioether (sulfide) groups is 1. The SMILES string of the molecule is CSc1ccc(C(=O)CCCN2CCOCC2)cc1. The predicted molar refractivity (Wildman–Crippen MR) is 79.0 cm³/mol. The van der Waals surface area contributed by atoms with Crippen molar-refractivity contribution in [2.24, 2.45) is 0 Å². The molecule has 1 heterocycles. The third-order valence-electron chi connectivity index (χ3n) is 3.39. The highest BCUT2D eigenvalue weighted by Crippen LogP contribution is 2.16. The van der Waals surface area contributed by atoms with Gasteiger partial charge in [-0.25, -0.2) is 0 Å². The van der Waals surface area contributed by atoms with Gasteiger partial charge in [0.25, 0.3) is 0 Å². The molecule has 2 rings (SSSR count). The first-order chi connectivity index (χ1) is 9.29. The molecule has 1 saturated heterocycles. The molecule has 0 saturated carbocycles. The molecule has 1 aliphatic heterocycles. The van der Waals surface area contributed by atoms with Crippen molar-refractivity contribution >= 4 is 17.5 Å². The maximum Gasteiger partial charge on any atom is 0.162 e. The lowest BCUT2D eigenvalue weighted by Gasteiger charge is -2.26. The number of ether oxygens (including phenoxy) is 1. The minimum atomic E-state index is 0.251. The molecule has 19 heavy (non-hydrogen) atoms. The molecular weight excluding hydrogens is 258 g/mol. The molecule has 1 aromatic carbocycles. The van der Waals surface area contributed by atoms with Crippen LogP contribution in [0.2, 0.25) is 0 Å². The molecule has 104 valence electrons. The van der Waals surface area contributed by atoms with Crippen molar-refractivity contribution in [1.82, 2.24) is 4.90 Å². The van der Waals surface area contributed by atoms with Crippen molar-refractivity contribution in [2.75, 3.05) is 39.1 Å². The quantitative estimate of drug-likeness (QED) is 0.591. The number of carbonyl (C=O) groups is 1. The highest BCUT2D eigenvalue weighted by molar-refractivity contribution is 7.98. The van der Waals surface area contributed by atoms with Crippen LogP contribution in [0.5, 0.6) is 0 Å². The van der Waals surface area contributed by atoms with Crippen molar-refractivity contribution in [3.63, 3.8) is 0 Å². The molecule has 1 aromatic rings. The van der Waals surface area contributed by atoms with Crippen molar-refractivity contribution in [3.05, 3.63) is 29.8 Å². The lowest BCUT2D eigenvalue weighted by Crippen LogP contribution is -2.36. The van der Waals surface area contributed by atoms with Gasteiger partial charge in [-0.3, -0.25) is 9.69 Å². The summed E-state index contributed by atoms with van der Waals surface area (Å²) in [5, 5.41) is 0. The summed E-state index contributed by atoms with van der Waals surface area (Å²) in [6.45, 7) is 4.64. The number of rotatable bonds is 6. The summed E-state index contributed by atoms with van der Waals surface area (Å²) in [6.07, 6.45) is 3.61. The Morgan fingerprint density at radius 2 is 1.95 bits per heavy atom. The van der Waals surface area contributed by atoms with Gasteiger partial charge in [0.15, 0.2) is 5.78 Å². The van der Waals surface area contributed by atoms with Crippen molar-refractivity contribution < 1.29 is 9.53 Å². The van der Waals surface area contributed by atoms with Crippen molar-refractivity contribution in [2.45, 2.75) is 17.7 Å². The zero-order chi connectivity index (χ0) is 13.5. The van der Waals surface area contributed by atoms with Gasteiger partial charge in [0, 0.05) is 30.0 Å². The first-order valence-electron chi connectivity index (χ1n) is 6.77. The average molecular weight is 279 g/mol. The molecule has 0 atom stereocenters. The van der Waals surface area contributed by atoms with Crippen LogP contribution in [-0.4, -0.2) is 49.8 Å². The average Bonchev–Trinajstić information content (AvgIpc) is 2.48. The first-order valence-corrected chi connectivity index (χ1v) is 7.99. The van der Waals surface area contributed by atoms with Crippen LogP contribution in [0.15, 0.2) is 29.2 Å². The van der Waals surface area contributed by atoms with Gasteiger partial charge >= 0.3 is 0 Å². The van der Waals surface area contributed by atoms with Crippen LogP contribution in [-0.2, 0) is 4.74 Å². The summed E-state index contributed by atoms with van der Waals surface area (Å²) < 4.78 is 5.31. The van der Waals surface area contributed by atoms with E-state index in [1.54, 1.807) is 11.8 Å². The second-order valence-corrected chi connectivity index (χ2v) is 5.59. The monoisotopic (exact) mass is 279 g/mol. The largest absolute Gasteiger partial charge is 0.379 e. The lowest BCUT2D eigenvalue weighted by molar-refractivity contribution is 0.0371. The molecule has 0 N–H and O–H groups in total. The first kappa shape index (κ1) is 14.6. The molecule has 4 heteroatoms. The topological polar surface area (TPSA) is 29.5 Å². The number of carbonyl (C=O) groups excluding carboxylic acids is 1. The molecule has 0 radical (unpaired) electrons. The number of ketones is 1. The molecule has 0 aliphatic carbocycles. The van der Waals surface area contributed by atoms with E-state index in [4.69, 9.17) is 4.74 Å². The van der Waals surface area contributed by atoms with E-state index >= 15 is 0 Å². The van der Waals surface area contributed by atoms with E-state index in [9.17, 15) is 4.79 Å². The van der Waals surface area contributed by atoms with Gasteiger partial charge in [-0.1, -0.05) is 12.1 Å². The Kier molecular flexibility index (Phi) is 5.89. The van der Waals surface area contributed by atoms with Crippen LogP contribution in [0.3, 0.4) is 0 Å². The summed E-state index contributed by atoms with van der Waals surface area (Å²) in [5.74, 6) is 0.251. The van der Waals surface area contributed by atoms with E-state index in [0.717, 1.165) is 44.8 Å². The summed E-state index contributed by atoms with van der Waals surface area (Å²) in [7, 11) is 0. The summed E-state index contributed by atoms with van der Waals surface area (Å²) >= 11 is 1.70. The van der Waals surface area contributed by atoms with E-state index in [0.29, 0.717) is 6.42 Å². The van der Waals surface area contributed by atoms with Crippen LogP contribution in [0, 0.1) is 0 Å². The maximum absolute atomic E-state index is 12.0. The molecule has 1 aliphatic rings. The Labute approximate surface area is 119 Å². The van der Waals surface area contributed by atoms with Crippen LogP contribution in [0.25, 0.3) is 0 Å². The van der Waals surface area contributed by atoms with E-state index in [2.05, 4.69) is 4.90 Å². The van der Waals surface area contributed by atoms with Gasteiger partial charge in [-0.15, -0.1) is 11.8 Å². The molecule has 3 nitrogen and oxygen atoms in total. The zero-order valence-electron chi connectivity index (χ0n) is 11.4. The summed E-state index contributed by atoms with van der Waals surface area (Å²) in [4.78, 5) is 15.6. The van der Waals surface area contributed by atoms with E-state index in [1.165, 1.54) is 4.90 Å². The van der Waals surface area contributed by atoms with Gasteiger partial charge < -0.3 is 4.74 Å². The fourth-order valence-corrected chi connectivity index (χ4v) is 2.62. The normalized spacial score (nSPS) is 16.5. The highest BCUT2D eigenvalue weighted by Gasteiger charge is 2.11. The second kappa shape index (κ2) is 7.68. The van der Waals surface area contributed by atoms with Gasteiger partial charge in [0.1, 0.15) is 0 Å². The third-order valence-corrected chi connectivity index (χ3v) is 4.14. The van der Waals surface area contributed by atoms with Crippen molar-refractivity contribution in [1.29, 1.82) is 0 Å². The van der Waals surface area contributed by atoms with E-state index < -0.39 is 0 Å². The third kappa shape index (κ3) is 4.64. The van der Waals surface area contributed by atoms with E-state index in [1.807, 2.05) is 30.5 Å². The smallest absolute Gasteiger partial charge is 0.162 e. The number of morpholine rings is 1. The highest BCUT2D eigenvalue weighted by atomic mass is 32.2. The summed E-state index contributed by atoms with van der Waals surface area (Å²) in [6, 6.07) is 7.89. The second-order valence-electron chi connectivity index (χ2n) is 4.71. The fraction of sp³-hybridized carbons (Fsp3) is 0.533. The van der Waals surface area contributed by atoms with Crippen LogP contribution >= 0.6 is 11.8 Å². The Morgan fingerprint density at radius 1 is 1.26 bits per heavy atom. The van der Waals surface area contributed by atoms with Gasteiger partial charge in [0.05, 0.1) is 13.2 Å². The summed E-state index contributed by atoms with van der Waals surface area (Å²) in [5.41, 5.74) is 0.833. The number of hydrogen-bond donors (Lipinski definition) is 0. The molecule has 0 unspecified atom stereocenters. The standard InChI is InChI=1S/C15H21NO2S/c1-19-14-6-4-13(5-7-14)15(17)3-2-8-16-9-11-18-12-10-16/h4-7H,2-3,8-12H2,1H3. The predicted octanol–water partition coefficient (Wildman–Crippen LogP) is 2.70.